The van der Waals surface area contributed by atoms with E-state index in [2.05, 4.69) is 15.6 Å². The maximum atomic E-state index is 12.3. The lowest BCUT2D eigenvalue weighted by Crippen LogP contribution is -2.24. The molecule has 1 aliphatic heterocycles. The van der Waals surface area contributed by atoms with E-state index < -0.39 is 0 Å². The summed E-state index contributed by atoms with van der Waals surface area (Å²) in [6, 6.07) is 9.85. The SMILES string of the molecule is O=C(NCc1ccc2c(c1)OCO2)c1ccc(NC2CCCC2)cn1. The van der Waals surface area contributed by atoms with E-state index in [0.717, 1.165) is 17.0 Å². The highest BCUT2D eigenvalue weighted by Gasteiger charge is 2.16. The van der Waals surface area contributed by atoms with Gasteiger partial charge in [0, 0.05) is 12.6 Å². The number of pyridine rings is 1. The van der Waals surface area contributed by atoms with Crippen LogP contribution in [0, 0.1) is 0 Å². The number of nitrogens with one attached hydrogen (secondary N) is 2. The highest BCUT2D eigenvalue weighted by Crippen LogP contribution is 2.32. The molecule has 1 fully saturated rings. The Morgan fingerprint density at radius 3 is 2.76 bits per heavy atom. The average molecular weight is 339 g/mol. The van der Waals surface area contributed by atoms with Gasteiger partial charge < -0.3 is 20.1 Å². The summed E-state index contributed by atoms with van der Waals surface area (Å²) < 4.78 is 10.6. The van der Waals surface area contributed by atoms with Gasteiger partial charge in [-0.3, -0.25) is 4.79 Å². The molecule has 2 heterocycles. The molecule has 0 spiro atoms. The first-order chi connectivity index (χ1) is 12.3. The van der Waals surface area contributed by atoms with Crippen LogP contribution >= 0.6 is 0 Å². The third-order valence-corrected chi connectivity index (χ3v) is 4.61. The number of carbonyl (C=O) groups is 1. The Morgan fingerprint density at radius 2 is 1.96 bits per heavy atom. The smallest absolute Gasteiger partial charge is 0.270 e. The predicted octanol–water partition coefficient (Wildman–Crippen LogP) is 3.09. The molecule has 6 heteroatoms. The average Bonchev–Trinajstić information content (AvgIpc) is 3.31. The van der Waals surface area contributed by atoms with Crippen LogP contribution in [0.2, 0.25) is 0 Å². The molecular weight excluding hydrogens is 318 g/mol. The molecular formula is C19H21N3O3. The van der Waals surface area contributed by atoms with Crippen LogP contribution in [0.15, 0.2) is 36.5 Å². The minimum absolute atomic E-state index is 0.190. The van der Waals surface area contributed by atoms with E-state index in [9.17, 15) is 4.79 Å². The zero-order valence-electron chi connectivity index (χ0n) is 14.0. The zero-order chi connectivity index (χ0) is 17.1. The van der Waals surface area contributed by atoms with Crippen molar-refractivity contribution in [2.24, 2.45) is 0 Å². The Hall–Kier alpha value is -2.76. The highest BCUT2D eigenvalue weighted by atomic mass is 16.7. The molecule has 4 rings (SSSR count). The molecule has 2 aromatic rings. The summed E-state index contributed by atoms with van der Waals surface area (Å²) in [6.45, 7) is 0.662. The predicted molar refractivity (Wildman–Crippen MR) is 93.9 cm³/mol. The second-order valence-electron chi connectivity index (χ2n) is 6.43. The Morgan fingerprint density at radius 1 is 1.12 bits per heavy atom. The lowest BCUT2D eigenvalue weighted by molar-refractivity contribution is 0.0946. The van der Waals surface area contributed by atoms with Crippen LogP contribution < -0.4 is 20.1 Å². The van der Waals surface area contributed by atoms with E-state index in [4.69, 9.17) is 9.47 Å². The summed E-state index contributed by atoms with van der Waals surface area (Å²) in [4.78, 5) is 16.5. The van der Waals surface area contributed by atoms with E-state index in [1.165, 1.54) is 25.7 Å². The van der Waals surface area contributed by atoms with Crippen LogP contribution in [0.5, 0.6) is 11.5 Å². The number of nitrogens with zero attached hydrogens (tertiary/aromatic N) is 1. The van der Waals surface area contributed by atoms with Crippen LogP contribution in [-0.2, 0) is 6.54 Å². The first-order valence-corrected chi connectivity index (χ1v) is 8.67. The van der Waals surface area contributed by atoms with Crippen molar-refractivity contribution in [1.29, 1.82) is 0 Å². The number of rotatable bonds is 5. The van der Waals surface area contributed by atoms with E-state index in [0.29, 0.717) is 24.0 Å². The Bertz CT molecular complexity index is 755. The molecule has 0 atom stereocenters. The van der Waals surface area contributed by atoms with Gasteiger partial charge in [0.05, 0.1) is 11.9 Å². The first-order valence-electron chi connectivity index (χ1n) is 8.67. The molecule has 25 heavy (non-hydrogen) atoms. The van der Waals surface area contributed by atoms with Crippen molar-refractivity contribution in [3.63, 3.8) is 0 Å². The molecule has 1 saturated carbocycles. The zero-order valence-corrected chi connectivity index (χ0v) is 14.0. The summed E-state index contributed by atoms with van der Waals surface area (Å²) in [6.07, 6.45) is 6.71. The van der Waals surface area contributed by atoms with Crippen LogP contribution in [0.25, 0.3) is 0 Å². The molecule has 0 unspecified atom stereocenters. The number of amides is 1. The minimum atomic E-state index is -0.190. The third kappa shape index (κ3) is 3.68. The maximum Gasteiger partial charge on any atom is 0.270 e. The van der Waals surface area contributed by atoms with Crippen LogP contribution in [-0.4, -0.2) is 23.7 Å². The molecule has 1 aliphatic carbocycles. The fourth-order valence-electron chi connectivity index (χ4n) is 3.24. The Balaban J connectivity index is 1.33. The second-order valence-corrected chi connectivity index (χ2v) is 6.43. The molecule has 0 saturated heterocycles. The summed E-state index contributed by atoms with van der Waals surface area (Å²) in [5.74, 6) is 1.26. The molecule has 0 bridgehead atoms. The first kappa shape index (κ1) is 15.7. The van der Waals surface area contributed by atoms with Gasteiger partial charge in [0.15, 0.2) is 11.5 Å². The van der Waals surface area contributed by atoms with Gasteiger partial charge in [-0.1, -0.05) is 18.9 Å². The van der Waals surface area contributed by atoms with E-state index in [1.54, 1.807) is 12.3 Å². The number of ether oxygens (including phenoxy) is 2. The molecule has 130 valence electrons. The van der Waals surface area contributed by atoms with Crippen molar-refractivity contribution < 1.29 is 14.3 Å². The third-order valence-electron chi connectivity index (χ3n) is 4.61. The number of aromatic nitrogens is 1. The lowest BCUT2D eigenvalue weighted by Gasteiger charge is -2.13. The van der Waals surface area contributed by atoms with Gasteiger partial charge >= 0.3 is 0 Å². The molecule has 2 aliphatic rings. The number of hydrogen-bond acceptors (Lipinski definition) is 5. The van der Waals surface area contributed by atoms with E-state index >= 15 is 0 Å². The fraction of sp³-hybridized carbons (Fsp3) is 0.368. The molecule has 6 nitrogen and oxygen atoms in total. The summed E-state index contributed by atoms with van der Waals surface area (Å²) >= 11 is 0. The van der Waals surface area contributed by atoms with Gasteiger partial charge in [-0.2, -0.15) is 0 Å². The van der Waals surface area contributed by atoms with Crippen molar-refractivity contribution >= 4 is 11.6 Å². The molecule has 1 aromatic heterocycles. The number of hydrogen-bond donors (Lipinski definition) is 2. The molecule has 2 N–H and O–H groups in total. The van der Waals surface area contributed by atoms with E-state index in [-0.39, 0.29) is 12.7 Å². The van der Waals surface area contributed by atoms with Crippen molar-refractivity contribution in [2.75, 3.05) is 12.1 Å². The normalized spacial score (nSPS) is 16.0. The summed E-state index contributed by atoms with van der Waals surface area (Å²) in [5.41, 5.74) is 2.34. The number of fused-ring (bicyclic) bond motifs is 1. The van der Waals surface area contributed by atoms with Gasteiger partial charge in [-0.15, -0.1) is 0 Å². The lowest BCUT2D eigenvalue weighted by atomic mass is 10.2. The molecule has 1 aromatic carbocycles. The van der Waals surface area contributed by atoms with E-state index in [1.807, 2.05) is 24.3 Å². The highest BCUT2D eigenvalue weighted by molar-refractivity contribution is 5.92. The number of carbonyl (C=O) groups excluding carboxylic acids is 1. The van der Waals surface area contributed by atoms with Crippen LogP contribution in [0.1, 0.15) is 41.7 Å². The van der Waals surface area contributed by atoms with Crippen LogP contribution in [0.3, 0.4) is 0 Å². The topological polar surface area (TPSA) is 72.5 Å². The van der Waals surface area contributed by atoms with Gasteiger partial charge in [0.2, 0.25) is 6.79 Å². The van der Waals surface area contributed by atoms with Crippen molar-refractivity contribution in [2.45, 2.75) is 38.3 Å². The summed E-state index contributed by atoms with van der Waals surface area (Å²) in [5, 5.41) is 6.35. The van der Waals surface area contributed by atoms with Gasteiger partial charge in [-0.25, -0.2) is 4.98 Å². The fourth-order valence-corrected chi connectivity index (χ4v) is 3.24. The van der Waals surface area contributed by atoms with Gasteiger partial charge in [-0.05, 0) is 42.7 Å². The maximum absolute atomic E-state index is 12.3. The van der Waals surface area contributed by atoms with Gasteiger partial charge in [0.25, 0.3) is 5.91 Å². The standard InChI is InChI=1S/C19H21N3O3/c23-19(21-10-13-5-8-17-18(9-13)25-12-24-17)16-7-6-15(11-20-16)22-14-3-1-2-4-14/h5-9,11,14,22H,1-4,10,12H2,(H,21,23). The monoisotopic (exact) mass is 339 g/mol. The second kappa shape index (κ2) is 7.01. The van der Waals surface area contributed by atoms with Crippen molar-refractivity contribution in [3.8, 4) is 11.5 Å². The van der Waals surface area contributed by atoms with Gasteiger partial charge in [0.1, 0.15) is 5.69 Å². The quantitative estimate of drug-likeness (QED) is 0.876. The van der Waals surface area contributed by atoms with Crippen molar-refractivity contribution in [3.05, 3.63) is 47.8 Å². The Labute approximate surface area is 146 Å². The number of benzene rings is 1. The largest absolute Gasteiger partial charge is 0.454 e. The molecule has 1 amide bonds. The van der Waals surface area contributed by atoms with Crippen LogP contribution in [0.4, 0.5) is 5.69 Å². The Kier molecular flexibility index (Phi) is 4.41. The van der Waals surface area contributed by atoms with Crippen molar-refractivity contribution in [1.82, 2.24) is 10.3 Å². The number of anilines is 1. The minimum Gasteiger partial charge on any atom is -0.454 e. The molecule has 0 radical (unpaired) electrons. The summed E-state index contributed by atoms with van der Waals surface area (Å²) in [7, 11) is 0.